The second-order valence-corrected chi connectivity index (χ2v) is 6.34. The highest BCUT2D eigenvalue weighted by Gasteiger charge is 2.73. The van der Waals surface area contributed by atoms with Gasteiger partial charge in [0.1, 0.15) is 12.4 Å². The van der Waals surface area contributed by atoms with E-state index in [1.165, 1.54) is 12.8 Å². The summed E-state index contributed by atoms with van der Waals surface area (Å²) in [6, 6.07) is 0. The molecule has 0 aliphatic carbocycles. The maximum absolute atomic E-state index is 12.0. The molecule has 1 heterocycles. The van der Waals surface area contributed by atoms with Crippen molar-refractivity contribution in [3.05, 3.63) is 18.7 Å². The summed E-state index contributed by atoms with van der Waals surface area (Å²) >= 11 is 0. The van der Waals surface area contributed by atoms with Crippen LogP contribution in [0.4, 0.5) is 35.1 Å². The van der Waals surface area contributed by atoms with E-state index in [9.17, 15) is 35.1 Å². The number of nitrogens with zero attached hydrogens (tertiary/aromatic N) is 2. The average molecular weight is 452 g/mol. The fourth-order valence-corrected chi connectivity index (χ4v) is 1.40. The summed E-state index contributed by atoms with van der Waals surface area (Å²) in [4.78, 5) is 0. The topological polar surface area (TPSA) is 86.2 Å². The lowest BCUT2D eigenvalue weighted by molar-refractivity contribution is -0.696. The van der Waals surface area contributed by atoms with Crippen LogP contribution in [0.15, 0.2) is 18.7 Å². The van der Waals surface area contributed by atoms with Crippen LogP contribution in [0.1, 0.15) is 26.7 Å². The Morgan fingerprint density at radius 2 is 1.61 bits per heavy atom. The summed E-state index contributed by atoms with van der Waals surface area (Å²) in [6.45, 7) is 2.81. The van der Waals surface area contributed by atoms with Gasteiger partial charge in [-0.15, -0.1) is 0 Å². The van der Waals surface area contributed by atoms with Crippen molar-refractivity contribution >= 4 is 10.4 Å². The van der Waals surface area contributed by atoms with Gasteiger partial charge in [-0.3, -0.25) is 4.55 Å². The summed E-state index contributed by atoms with van der Waals surface area (Å²) in [5.41, 5.74) is 0. The highest BCUT2D eigenvalue weighted by Crippen LogP contribution is 2.47. The summed E-state index contributed by atoms with van der Waals surface area (Å²) in [5, 5.41) is 0. The van der Waals surface area contributed by atoms with Crippen LogP contribution in [-0.2, 0) is 24.0 Å². The molecule has 0 aromatic carbocycles. The molecule has 6 nitrogen and oxygen atoms in total. The van der Waals surface area contributed by atoms with E-state index in [-0.39, 0.29) is 0 Å². The van der Waals surface area contributed by atoms with Gasteiger partial charge in [0.25, 0.3) is 0 Å². The first-order valence-electron chi connectivity index (χ1n) is 7.38. The van der Waals surface area contributed by atoms with Gasteiger partial charge in [0.05, 0.1) is 13.6 Å². The average Bonchev–Trinajstić information content (AvgIpc) is 2.88. The first kappa shape index (κ1) is 28.7. The van der Waals surface area contributed by atoms with Gasteiger partial charge in [0, 0.05) is 6.92 Å². The quantitative estimate of drug-likeness (QED) is 0.311. The van der Waals surface area contributed by atoms with E-state index in [1.54, 1.807) is 0 Å². The fourth-order valence-electron chi connectivity index (χ4n) is 1.40. The highest BCUT2D eigenvalue weighted by atomic mass is 32.3. The molecule has 0 atom stereocenters. The Labute approximate surface area is 156 Å². The number of halogens is 8. The number of aryl methyl sites for hydroxylation is 2. The summed E-state index contributed by atoms with van der Waals surface area (Å²) in [6.07, 6.45) is 3.98. The Morgan fingerprint density at radius 3 is 1.82 bits per heavy atom. The van der Waals surface area contributed by atoms with Crippen molar-refractivity contribution in [2.75, 3.05) is 0 Å². The lowest BCUT2D eigenvalue weighted by Crippen LogP contribution is -2.56. The van der Waals surface area contributed by atoms with E-state index in [0.29, 0.717) is 0 Å². The summed E-state index contributed by atoms with van der Waals surface area (Å²) in [5.74, 6) is -17.3. The van der Waals surface area contributed by atoms with Gasteiger partial charge >= 0.3 is 24.2 Å². The molecule has 0 spiro atoms. The molecule has 0 aliphatic heterocycles. The first-order valence-corrected chi connectivity index (χ1v) is 8.74. The molecule has 0 unspecified atom stereocenters. The largest absolute Gasteiger partial charge is 0.726 e. The van der Waals surface area contributed by atoms with Crippen LogP contribution in [-0.4, -0.2) is 46.3 Å². The van der Waals surface area contributed by atoms with Gasteiger partial charge in [-0.25, -0.2) is 26.3 Å². The Hall–Kier alpha value is -1.48. The maximum atomic E-state index is 12.0. The fraction of sp³-hybridized carbons (Fsp3) is 0.769. The van der Waals surface area contributed by atoms with E-state index < -0.39 is 41.5 Å². The number of hydrogen-bond donors (Lipinski definition) is 1. The molecule has 1 rings (SSSR count). The monoisotopic (exact) mass is 452 g/mol. The van der Waals surface area contributed by atoms with E-state index in [1.807, 2.05) is 7.05 Å². The van der Waals surface area contributed by atoms with Gasteiger partial charge in [0.2, 0.25) is 16.7 Å². The molecule has 0 bridgehead atoms. The molecule has 28 heavy (non-hydrogen) atoms. The highest BCUT2D eigenvalue weighted by molar-refractivity contribution is 7.79. The Bertz CT molecular complexity index is 666. The van der Waals surface area contributed by atoms with Crippen LogP contribution in [0.5, 0.6) is 0 Å². The van der Waals surface area contributed by atoms with E-state index in [4.69, 9.17) is 17.5 Å². The molecule has 1 aromatic heterocycles. The van der Waals surface area contributed by atoms with Gasteiger partial charge in [-0.2, -0.15) is 26.3 Å². The molecular weight excluding hydrogens is 432 g/mol. The molecular formula is C13H20F8N2O4S. The minimum Gasteiger partial charge on any atom is -0.726 e. The zero-order valence-electron chi connectivity index (χ0n) is 14.9. The van der Waals surface area contributed by atoms with Gasteiger partial charge in [-0.1, -0.05) is 13.3 Å². The Kier molecular flexibility index (Phi) is 11.2. The van der Waals surface area contributed by atoms with Crippen molar-refractivity contribution in [1.29, 1.82) is 0 Å². The molecule has 0 saturated heterocycles. The zero-order valence-corrected chi connectivity index (χ0v) is 15.7. The Balaban J connectivity index is 0. The lowest BCUT2D eigenvalue weighted by Gasteiger charge is -2.29. The van der Waals surface area contributed by atoms with Crippen molar-refractivity contribution < 1.29 is 57.2 Å². The third kappa shape index (κ3) is 10.8. The second-order valence-electron chi connectivity index (χ2n) is 5.48. The molecule has 168 valence electrons. The van der Waals surface area contributed by atoms with Crippen LogP contribution in [0.2, 0.25) is 0 Å². The second kappa shape index (κ2) is 10.9. The number of imidazole rings is 1. The third-order valence-corrected chi connectivity index (χ3v) is 2.84. The SMILES string of the molecule is CC(F)(F)C(F)(F)C(F)(F)C(F)F.CCCC[n+]1ccn(C)c1.O=S(=O)([O-])O. The molecule has 1 aromatic rings. The number of hydrogen-bond acceptors (Lipinski definition) is 3. The smallest absolute Gasteiger partial charge is 0.377 e. The normalized spacial score (nSPS) is 12.8. The predicted octanol–water partition coefficient (Wildman–Crippen LogP) is 3.29. The number of rotatable bonds is 6. The maximum Gasteiger partial charge on any atom is 0.377 e. The number of unbranched alkanes of at least 4 members (excludes halogenated alkanes) is 1. The molecule has 0 amide bonds. The molecule has 15 heteroatoms. The van der Waals surface area contributed by atoms with Crippen molar-refractivity contribution in [2.45, 2.75) is 57.4 Å². The van der Waals surface area contributed by atoms with Gasteiger partial charge < -0.3 is 4.55 Å². The van der Waals surface area contributed by atoms with Crippen LogP contribution in [0, 0.1) is 0 Å². The van der Waals surface area contributed by atoms with Crippen LogP contribution >= 0.6 is 0 Å². The van der Waals surface area contributed by atoms with E-state index in [0.717, 1.165) is 6.54 Å². The summed E-state index contributed by atoms with van der Waals surface area (Å²) < 4.78 is 131. The minimum atomic E-state index is -6.06. The summed E-state index contributed by atoms with van der Waals surface area (Å²) in [7, 11) is -2.87. The molecule has 0 radical (unpaired) electrons. The first-order chi connectivity index (χ1) is 12.3. The zero-order chi connectivity index (χ0) is 23.0. The number of aromatic nitrogens is 2. The van der Waals surface area contributed by atoms with Crippen LogP contribution in [0.3, 0.4) is 0 Å². The standard InChI is InChI=1S/C8H15N2.C5H4F8.H2O4S/c1-3-4-5-10-7-6-9(2)8-10;1-3(8,9)5(12,13)4(10,11)2(6)7;1-5(2,3)4/h6-8H,3-5H2,1-2H3;2H,1H3;(H2,1,2,3,4)/q+1;;/p-1. The molecule has 0 aliphatic rings. The molecule has 0 saturated carbocycles. The van der Waals surface area contributed by atoms with Crippen molar-refractivity contribution in [3.8, 4) is 0 Å². The number of alkyl halides is 8. The van der Waals surface area contributed by atoms with Gasteiger partial charge in [0.15, 0.2) is 0 Å². The minimum absolute atomic E-state index is 0.552. The van der Waals surface area contributed by atoms with Crippen molar-refractivity contribution in [2.24, 2.45) is 7.05 Å². The van der Waals surface area contributed by atoms with Crippen molar-refractivity contribution in [1.82, 2.24) is 4.57 Å². The van der Waals surface area contributed by atoms with Crippen LogP contribution in [0.25, 0.3) is 0 Å². The Morgan fingerprint density at radius 1 is 1.18 bits per heavy atom. The van der Waals surface area contributed by atoms with Crippen LogP contribution < -0.4 is 4.57 Å². The molecule has 1 N–H and O–H groups in total. The van der Waals surface area contributed by atoms with Gasteiger partial charge in [-0.05, 0) is 6.42 Å². The third-order valence-electron chi connectivity index (χ3n) is 2.84. The van der Waals surface area contributed by atoms with Crippen molar-refractivity contribution in [3.63, 3.8) is 0 Å². The lowest BCUT2D eigenvalue weighted by atomic mass is 10.1. The van der Waals surface area contributed by atoms with E-state index >= 15 is 0 Å². The van der Waals surface area contributed by atoms with E-state index in [2.05, 4.69) is 34.8 Å². The molecule has 0 fully saturated rings. The predicted molar refractivity (Wildman–Crippen MR) is 79.4 cm³/mol.